The molecular weight excluding hydrogens is 289 g/mol. The zero-order valence-corrected chi connectivity index (χ0v) is 12.0. The van der Waals surface area contributed by atoms with Crippen molar-refractivity contribution in [3.05, 3.63) is 34.6 Å². The Morgan fingerprint density at radius 1 is 1.35 bits per heavy atom. The number of hydrogen-bond acceptors (Lipinski definition) is 3. The molecule has 110 valence electrons. The Hall–Kier alpha value is -1.82. The number of benzene rings is 1. The number of halogens is 2. The average molecular weight is 304 g/mol. The summed E-state index contributed by atoms with van der Waals surface area (Å²) in [4.78, 5) is 22.8. The summed E-state index contributed by atoms with van der Waals surface area (Å²) in [5.74, 6) is -2.04. The highest BCUT2D eigenvalue weighted by atomic mass is 35.5. The van der Waals surface area contributed by atoms with E-state index in [4.69, 9.17) is 21.4 Å². The predicted molar refractivity (Wildman–Crippen MR) is 71.2 cm³/mol. The molecule has 2 N–H and O–H groups in total. The van der Waals surface area contributed by atoms with Crippen LogP contribution in [0.1, 0.15) is 32.4 Å². The first-order valence-corrected chi connectivity index (χ1v) is 6.14. The fraction of sp³-hybridized carbons (Fsp3) is 0.385. The van der Waals surface area contributed by atoms with Crippen molar-refractivity contribution >= 4 is 23.7 Å². The minimum Gasteiger partial charge on any atom is -0.479 e. The summed E-state index contributed by atoms with van der Waals surface area (Å²) in [5, 5.41) is 11.3. The van der Waals surface area contributed by atoms with E-state index < -0.39 is 29.5 Å². The standard InChI is InChI=1S/C13H15ClFNO4/c1-13(2,3)20-12(19)16-10(11(17)18)7-4-8(14)6-9(15)5-7/h4-6,10H,1-3H3,(H,16,19)(H,17,18). The molecule has 0 aliphatic rings. The van der Waals surface area contributed by atoms with Gasteiger partial charge in [0.25, 0.3) is 0 Å². The molecule has 0 aromatic heterocycles. The molecule has 1 rings (SSSR count). The van der Waals surface area contributed by atoms with Crippen molar-refractivity contribution in [1.29, 1.82) is 0 Å². The largest absolute Gasteiger partial charge is 0.479 e. The highest BCUT2D eigenvalue weighted by molar-refractivity contribution is 6.30. The fourth-order valence-electron chi connectivity index (χ4n) is 1.45. The van der Waals surface area contributed by atoms with Gasteiger partial charge in [-0.15, -0.1) is 0 Å². The number of carboxylic acids is 1. The maximum Gasteiger partial charge on any atom is 0.408 e. The molecule has 0 spiro atoms. The Morgan fingerprint density at radius 3 is 2.40 bits per heavy atom. The number of carbonyl (C=O) groups is 2. The monoisotopic (exact) mass is 303 g/mol. The van der Waals surface area contributed by atoms with Gasteiger partial charge in [0.15, 0.2) is 6.04 Å². The van der Waals surface area contributed by atoms with Crippen LogP contribution in [0.3, 0.4) is 0 Å². The quantitative estimate of drug-likeness (QED) is 0.899. The van der Waals surface area contributed by atoms with Gasteiger partial charge >= 0.3 is 12.1 Å². The number of hydrogen-bond donors (Lipinski definition) is 2. The number of aliphatic carboxylic acids is 1. The summed E-state index contributed by atoms with van der Waals surface area (Å²) >= 11 is 5.67. The van der Waals surface area contributed by atoms with Crippen molar-refractivity contribution in [2.75, 3.05) is 0 Å². The third-order valence-electron chi connectivity index (χ3n) is 2.13. The third-order valence-corrected chi connectivity index (χ3v) is 2.34. The number of alkyl carbamates (subject to hydrolysis) is 1. The van der Waals surface area contributed by atoms with Crippen molar-refractivity contribution in [3.8, 4) is 0 Å². The summed E-state index contributed by atoms with van der Waals surface area (Å²) in [7, 11) is 0. The Bertz CT molecular complexity index is 507. The van der Waals surface area contributed by atoms with Gasteiger partial charge < -0.3 is 15.2 Å². The SMILES string of the molecule is CC(C)(C)OC(=O)NC(C(=O)O)c1cc(F)cc(Cl)c1. The molecule has 7 heteroatoms. The van der Waals surface area contributed by atoms with Crippen molar-refractivity contribution in [1.82, 2.24) is 5.32 Å². The Kier molecular flexibility index (Phi) is 4.94. The second-order valence-corrected chi connectivity index (χ2v) is 5.56. The number of nitrogens with one attached hydrogen (secondary N) is 1. The Labute approximate surface area is 120 Å². The van der Waals surface area contributed by atoms with Crippen LogP contribution in [-0.4, -0.2) is 22.8 Å². The summed E-state index contributed by atoms with van der Waals surface area (Å²) in [6.07, 6.45) is -0.912. The molecule has 1 amide bonds. The average Bonchev–Trinajstić information content (AvgIpc) is 2.21. The predicted octanol–water partition coefficient (Wildman–Crippen LogP) is 3.13. The van der Waals surface area contributed by atoms with Crippen LogP contribution >= 0.6 is 11.6 Å². The molecule has 0 fully saturated rings. The van der Waals surface area contributed by atoms with Crippen molar-refractivity contribution in [2.24, 2.45) is 0 Å². The van der Waals surface area contributed by atoms with Crippen LogP contribution in [0.2, 0.25) is 5.02 Å². The molecule has 0 aliphatic heterocycles. The van der Waals surface area contributed by atoms with E-state index in [1.165, 1.54) is 6.07 Å². The van der Waals surface area contributed by atoms with Crippen LogP contribution in [-0.2, 0) is 9.53 Å². The Morgan fingerprint density at radius 2 is 1.95 bits per heavy atom. The van der Waals surface area contributed by atoms with Gasteiger partial charge in [-0.05, 0) is 44.5 Å². The Balaban J connectivity index is 2.95. The molecule has 0 aliphatic carbocycles. The second-order valence-electron chi connectivity index (χ2n) is 5.12. The summed E-state index contributed by atoms with van der Waals surface area (Å²) in [6, 6.07) is 1.85. The third kappa shape index (κ3) is 5.05. The van der Waals surface area contributed by atoms with Crippen LogP contribution in [0.4, 0.5) is 9.18 Å². The molecule has 0 radical (unpaired) electrons. The molecule has 0 heterocycles. The van der Waals surface area contributed by atoms with Gasteiger partial charge in [0.2, 0.25) is 0 Å². The van der Waals surface area contributed by atoms with Gasteiger partial charge in [0, 0.05) is 5.02 Å². The van der Waals surface area contributed by atoms with E-state index in [0.717, 1.165) is 12.1 Å². The zero-order valence-electron chi connectivity index (χ0n) is 11.2. The van der Waals surface area contributed by atoms with E-state index in [0.29, 0.717) is 0 Å². The smallest absolute Gasteiger partial charge is 0.408 e. The lowest BCUT2D eigenvalue weighted by Gasteiger charge is -2.22. The fourth-order valence-corrected chi connectivity index (χ4v) is 1.69. The molecule has 0 saturated heterocycles. The first-order chi connectivity index (χ1) is 9.08. The van der Waals surface area contributed by atoms with E-state index >= 15 is 0 Å². The van der Waals surface area contributed by atoms with Crippen LogP contribution < -0.4 is 5.32 Å². The molecule has 5 nitrogen and oxygen atoms in total. The molecule has 20 heavy (non-hydrogen) atoms. The molecule has 1 aromatic rings. The van der Waals surface area contributed by atoms with E-state index in [2.05, 4.69) is 5.32 Å². The lowest BCUT2D eigenvalue weighted by atomic mass is 10.1. The van der Waals surface area contributed by atoms with Crippen LogP contribution in [0.25, 0.3) is 0 Å². The van der Waals surface area contributed by atoms with E-state index in [-0.39, 0.29) is 10.6 Å². The highest BCUT2D eigenvalue weighted by Crippen LogP contribution is 2.21. The first-order valence-electron chi connectivity index (χ1n) is 5.77. The van der Waals surface area contributed by atoms with Crippen molar-refractivity contribution in [3.63, 3.8) is 0 Å². The summed E-state index contributed by atoms with van der Waals surface area (Å²) in [6.45, 7) is 4.92. The van der Waals surface area contributed by atoms with Crippen LogP contribution in [0.15, 0.2) is 18.2 Å². The number of carbonyl (C=O) groups excluding carboxylic acids is 1. The zero-order chi connectivity index (χ0) is 15.5. The molecular formula is C13H15ClFNO4. The van der Waals surface area contributed by atoms with E-state index in [1.807, 2.05) is 0 Å². The minimum atomic E-state index is -1.45. The lowest BCUT2D eigenvalue weighted by Crippen LogP contribution is -2.38. The normalized spacial score (nSPS) is 12.7. The van der Waals surface area contributed by atoms with Crippen LogP contribution in [0, 0.1) is 5.82 Å². The van der Waals surface area contributed by atoms with E-state index in [9.17, 15) is 14.0 Å². The number of carboxylic acid groups (broad SMARTS) is 1. The first kappa shape index (κ1) is 16.2. The van der Waals surface area contributed by atoms with Crippen molar-refractivity contribution < 1.29 is 23.8 Å². The molecule has 1 atom stereocenters. The van der Waals surface area contributed by atoms with Gasteiger partial charge in [-0.2, -0.15) is 0 Å². The maximum atomic E-state index is 13.2. The maximum absolute atomic E-state index is 13.2. The van der Waals surface area contributed by atoms with Gasteiger partial charge in [-0.25, -0.2) is 14.0 Å². The molecule has 1 unspecified atom stereocenters. The minimum absolute atomic E-state index is 0.0216. The lowest BCUT2D eigenvalue weighted by molar-refractivity contribution is -0.139. The van der Waals surface area contributed by atoms with Crippen LogP contribution in [0.5, 0.6) is 0 Å². The molecule has 1 aromatic carbocycles. The topological polar surface area (TPSA) is 75.6 Å². The van der Waals surface area contributed by atoms with Gasteiger partial charge in [-0.3, -0.25) is 0 Å². The van der Waals surface area contributed by atoms with Crippen molar-refractivity contribution in [2.45, 2.75) is 32.4 Å². The highest BCUT2D eigenvalue weighted by Gasteiger charge is 2.26. The van der Waals surface area contributed by atoms with Gasteiger partial charge in [-0.1, -0.05) is 11.6 Å². The second kappa shape index (κ2) is 6.09. The number of ether oxygens (including phenoxy) is 1. The summed E-state index contributed by atoms with van der Waals surface area (Å²) < 4.78 is 18.2. The number of rotatable bonds is 3. The molecule has 0 bridgehead atoms. The van der Waals surface area contributed by atoms with Gasteiger partial charge in [0.05, 0.1) is 0 Å². The van der Waals surface area contributed by atoms with Gasteiger partial charge in [0.1, 0.15) is 11.4 Å². The van der Waals surface area contributed by atoms with E-state index in [1.54, 1.807) is 20.8 Å². The summed E-state index contributed by atoms with van der Waals surface area (Å²) in [5.41, 5.74) is -0.749. The molecule has 0 saturated carbocycles. The number of amides is 1.